The van der Waals surface area contributed by atoms with Gasteiger partial charge in [0.2, 0.25) is 6.33 Å². The summed E-state index contributed by atoms with van der Waals surface area (Å²) in [5.41, 5.74) is 0. The fourth-order valence-corrected chi connectivity index (χ4v) is 1.54. The second kappa shape index (κ2) is 5.67. The van der Waals surface area contributed by atoms with Crippen LogP contribution < -0.4 is 5.32 Å². The second-order valence-corrected chi connectivity index (χ2v) is 3.43. The fourth-order valence-electron chi connectivity index (χ4n) is 1.54. The van der Waals surface area contributed by atoms with Crippen LogP contribution in [0.5, 0.6) is 0 Å². The summed E-state index contributed by atoms with van der Waals surface area (Å²) in [5, 5.41) is 6.42. The van der Waals surface area contributed by atoms with Crippen molar-refractivity contribution in [2.24, 2.45) is 0 Å². The van der Waals surface area contributed by atoms with Gasteiger partial charge in [0.15, 0.2) is 0 Å². The smallest absolute Gasteiger partial charge is 0.321 e. The normalized spacial score (nSPS) is 17.9. The first kappa shape index (κ1) is 10.4. The number of nitrogens with zero attached hydrogens (tertiary/aromatic N) is 3. The van der Waals surface area contributed by atoms with Crippen molar-refractivity contribution in [2.75, 3.05) is 44.7 Å². The molecule has 2 heterocycles. The summed E-state index contributed by atoms with van der Waals surface area (Å²) in [4.78, 5) is 6.15. The van der Waals surface area contributed by atoms with Gasteiger partial charge in [-0.2, -0.15) is 4.98 Å². The zero-order chi connectivity index (χ0) is 10.3. The van der Waals surface area contributed by atoms with E-state index in [1.54, 1.807) is 0 Å². The van der Waals surface area contributed by atoms with Crippen LogP contribution in [0.3, 0.4) is 0 Å². The maximum Gasteiger partial charge on any atom is 0.321 e. The van der Waals surface area contributed by atoms with Crippen molar-refractivity contribution in [1.82, 2.24) is 15.0 Å². The van der Waals surface area contributed by atoms with Gasteiger partial charge in [-0.1, -0.05) is 5.16 Å². The molecular formula is C9H15N4O2. The molecule has 1 fully saturated rings. The number of morpholine rings is 1. The van der Waals surface area contributed by atoms with E-state index in [9.17, 15) is 0 Å². The Morgan fingerprint density at radius 1 is 1.40 bits per heavy atom. The molecule has 6 heteroatoms. The molecule has 2 rings (SSSR count). The highest BCUT2D eigenvalue weighted by atomic mass is 16.5. The zero-order valence-corrected chi connectivity index (χ0v) is 8.61. The van der Waals surface area contributed by atoms with E-state index in [1.807, 2.05) is 0 Å². The molecule has 0 aliphatic carbocycles. The highest BCUT2D eigenvalue weighted by Crippen LogP contribution is 2.00. The standard InChI is InChI=1S/C9H15N4O2/c1(2-10-9-11-8-12-15-9)3-13-4-6-14-7-5-13/h1-7H2,(H,10,11,12). The second-order valence-electron chi connectivity index (χ2n) is 3.43. The van der Waals surface area contributed by atoms with Crippen LogP contribution in [0, 0.1) is 6.33 Å². The highest BCUT2D eigenvalue weighted by Gasteiger charge is 2.09. The number of aromatic nitrogens is 2. The zero-order valence-electron chi connectivity index (χ0n) is 8.61. The number of hydrogen-bond acceptors (Lipinski definition) is 6. The first-order chi connectivity index (χ1) is 7.45. The third-order valence-corrected chi connectivity index (χ3v) is 2.36. The van der Waals surface area contributed by atoms with Crippen LogP contribution in [0.1, 0.15) is 6.42 Å². The van der Waals surface area contributed by atoms with Crippen LogP contribution in [0.25, 0.3) is 0 Å². The summed E-state index contributed by atoms with van der Waals surface area (Å²) in [7, 11) is 0. The van der Waals surface area contributed by atoms with E-state index in [-0.39, 0.29) is 0 Å². The van der Waals surface area contributed by atoms with Crippen molar-refractivity contribution in [2.45, 2.75) is 6.42 Å². The van der Waals surface area contributed by atoms with Crippen LogP contribution in [0.15, 0.2) is 4.52 Å². The lowest BCUT2D eigenvalue weighted by Crippen LogP contribution is -2.37. The molecule has 15 heavy (non-hydrogen) atoms. The summed E-state index contributed by atoms with van der Waals surface area (Å²) in [6.45, 7) is 5.70. The molecule has 1 saturated heterocycles. The number of rotatable bonds is 5. The SMILES string of the molecule is [c]1noc(NCCCN2CCOCC2)n1. The topological polar surface area (TPSA) is 63.4 Å². The van der Waals surface area contributed by atoms with Crippen molar-refractivity contribution in [1.29, 1.82) is 0 Å². The van der Waals surface area contributed by atoms with Gasteiger partial charge in [-0.25, -0.2) is 0 Å². The molecule has 0 saturated carbocycles. The summed E-state index contributed by atoms with van der Waals surface area (Å²) < 4.78 is 10.0. The molecule has 0 spiro atoms. The highest BCUT2D eigenvalue weighted by molar-refractivity contribution is 5.14. The van der Waals surface area contributed by atoms with Crippen molar-refractivity contribution in [3.63, 3.8) is 0 Å². The average molecular weight is 211 g/mol. The van der Waals surface area contributed by atoms with Crippen molar-refractivity contribution < 1.29 is 9.26 Å². The van der Waals surface area contributed by atoms with Gasteiger partial charge in [0.25, 0.3) is 0 Å². The summed E-state index contributed by atoms with van der Waals surface area (Å²) in [5.74, 6) is 0. The van der Waals surface area contributed by atoms with Crippen molar-refractivity contribution in [3.8, 4) is 0 Å². The molecule has 0 bridgehead atoms. The van der Waals surface area contributed by atoms with Gasteiger partial charge < -0.3 is 14.6 Å². The number of nitrogens with one attached hydrogen (secondary N) is 1. The Morgan fingerprint density at radius 2 is 2.27 bits per heavy atom. The maximum absolute atomic E-state index is 5.27. The van der Waals surface area contributed by atoms with Crippen LogP contribution >= 0.6 is 0 Å². The Hall–Kier alpha value is -1.14. The van der Waals surface area contributed by atoms with Crippen LogP contribution in [0.2, 0.25) is 0 Å². The summed E-state index contributed by atoms with van der Waals surface area (Å²) in [6, 6.07) is 0.442. The van der Waals surface area contributed by atoms with Crippen molar-refractivity contribution >= 4 is 6.01 Å². The van der Waals surface area contributed by atoms with E-state index in [1.165, 1.54) is 0 Å². The van der Waals surface area contributed by atoms with Gasteiger partial charge in [0, 0.05) is 19.6 Å². The van der Waals surface area contributed by atoms with Gasteiger partial charge in [-0.15, -0.1) is 0 Å². The lowest BCUT2D eigenvalue weighted by molar-refractivity contribution is 0.0378. The Kier molecular flexibility index (Phi) is 3.92. The Labute approximate surface area is 88.6 Å². The van der Waals surface area contributed by atoms with Crippen LogP contribution in [0.4, 0.5) is 6.01 Å². The molecule has 0 atom stereocenters. The molecule has 0 unspecified atom stereocenters. The van der Waals surface area contributed by atoms with Crippen molar-refractivity contribution in [3.05, 3.63) is 6.33 Å². The third kappa shape index (κ3) is 3.49. The predicted octanol–water partition coefficient (Wildman–Crippen LogP) is 0.00399. The Balaban J connectivity index is 1.54. The number of anilines is 1. The molecule has 1 radical (unpaired) electrons. The molecule has 1 aromatic rings. The first-order valence-corrected chi connectivity index (χ1v) is 5.19. The monoisotopic (exact) mass is 211 g/mol. The molecule has 0 aromatic carbocycles. The lowest BCUT2D eigenvalue weighted by atomic mass is 10.3. The van der Waals surface area contributed by atoms with Gasteiger partial charge in [-0.05, 0) is 13.0 Å². The van der Waals surface area contributed by atoms with Crippen LogP contribution in [-0.4, -0.2) is 54.4 Å². The van der Waals surface area contributed by atoms with Gasteiger partial charge in [-0.3, -0.25) is 4.90 Å². The fraction of sp³-hybridized carbons (Fsp3) is 0.778. The quantitative estimate of drug-likeness (QED) is 0.692. The molecule has 6 nitrogen and oxygen atoms in total. The van der Waals surface area contributed by atoms with Crippen LogP contribution in [-0.2, 0) is 4.74 Å². The maximum atomic E-state index is 5.27. The number of ether oxygens (including phenoxy) is 1. The Morgan fingerprint density at radius 3 is 3.00 bits per heavy atom. The van der Waals surface area contributed by atoms with Gasteiger partial charge >= 0.3 is 6.01 Å². The predicted molar refractivity (Wildman–Crippen MR) is 53.5 cm³/mol. The molecular weight excluding hydrogens is 196 g/mol. The van der Waals surface area contributed by atoms with E-state index in [4.69, 9.17) is 9.26 Å². The van der Waals surface area contributed by atoms with E-state index in [0.717, 1.165) is 45.8 Å². The molecule has 83 valence electrons. The largest absolute Gasteiger partial charge is 0.379 e. The number of hydrogen-bond donors (Lipinski definition) is 1. The minimum atomic E-state index is 0.442. The summed E-state index contributed by atoms with van der Waals surface area (Å²) >= 11 is 0. The minimum Gasteiger partial charge on any atom is -0.379 e. The van der Waals surface area contributed by atoms with E-state index in [0.29, 0.717) is 6.01 Å². The molecule has 0 amide bonds. The van der Waals surface area contributed by atoms with E-state index >= 15 is 0 Å². The third-order valence-electron chi connectivity index (χ3n) is 2.36. The first-order valence-electron chi connectivity index (χ1n) is 5.19. The molecule has 1 aromatic heterocycles. The molecule has 1 aliphatic heterocycles. The van der Waals surface area contributed by atoms with E-state index in [2.05, 4.69) is 26.7 Å². The van der Waals surface area contributed by atoms with Gasteiger partial charge in [0.1, 0.15) is 0 Å². The Bertz CT molecular complexity index is 259. The summed E-state index contributed by atoms with van der Waals surface area (Å²) in [6.07, 6.45) is 3.42. The van der Waals surface area contributed by atoms with Gasteiger partial charge in [0.05, 0.1) is 13.2 Å². The lowest BCUT2D eigenvalue weighted by Gasteiger charge is -2.26. The van der Waals surface area contributed by atoms with E-state index < -0.39 is 0 Å². The molecule has 1 N–H and O–H groups in total. The molecule has 1 aliphatic rings. The average Bonchev–Trinajstić information content (AvgIpc) is 2.79. The minimum absolute atomic E-state index is 0.442.